The highest BCUT2D eigenvalue weighted by molar-refractivity contribution is 8.00. The molecule has 0 fully saturated rings. The van der Waals surface area contributed by atoms with Crippen LogP contribution in [-0.2, 0) is 0 Å². The average Bonchev–Trinajstić information content (AvgIpc) is 2.01. The van der Waals surface area contributed by atoms with Gasteiger partial charge in [0.1, 0.15) is 0 Å². The van der Waals surface area contributed by atoms with Crippen LogP contribution in [0.25, 0.3) is 0 Å². The predicted octanol–water partition coefficient (Wildman–Crippen LogP) is 2.58. The summed E-state index contributed by atoms with van der Waals surface area (Å²) in [7, 11) is 0. The van der Waals surface area contributed by atoms with Crippen molar-refractivity contribution < 1.29 is 0 Å². The first-order valence-electron chi connectivity index (χ1n) is 3.45. The minimum absolute atomic E-state index is 1.17. The number of hydrogen-bond acceptors (Lipinski definition) is 2. The monoisotopic (exact) mass is 172 g/mol. The normalized spacial score (nSPS) is 27.2. The van der Waals surface area contributed by atoms with E-state index in [0.29, 0.717) is 0 Å². The highest BCUT2D eigenvalue weighted by Crippen LogP contribution is 2.06. The van der Waals surface area contributed by atoms with E-state index in [-0.39, 0.29) is 0 Å². The van der Waals surface area contributed by atoms with E-state index >= 15 is 0 Å². The summed E-state index contributed by atoms with van der Waals surface area (Å²) in [5.41, 5.74) is 0. The van der Waals surface area contributed by atoms with Gasteiger partial charge >= 0.3 is 0 Å². The quantitative estimate of drug-likeness (QED) is 0.515. The van der Waals surface area contributed by atoms with Gasteiger partial charge in [0.2, 0.25) is 0 Å². The van der Waals surface area contributed by atoms with Crippen molar-refractivity contribution >= 4 is 23.5 Å². The molecule has 1 heterocycles. The molecule has 2 heteroatoms. The van der Waals surface area contributed by atoms with E-state index in [1.807, 2.05) is 23.5 Å². The second-order valence-electron chi connectivity index (χ2n) is 2.02. The van der Waals surface area contributed by atoms with Crippen LogP contribution in [0.4, 0.5) is 0 Å². The van der Waals surface area contributed by atoms with Gasteiger partial charge in [0.15, 0.2) is 0 Å². The van der Waals surface area contributed by atoms with E-state index in [2.05, 4.69) is 24.3 Å². The Hall–Kier alpha value is 0.180. The third kappa shape index (κ3) is 4.07. The molecule has 0 aliphatic carbocycles. The minimum Gasteiger partial charge on any atom is -0.154 e. The maximum atomic E-state index is 2.26. The Morgan fingerprint density at radius 2 is 0.900 bits per heavy atom. The molecule has 0 saturated carbocycles. The smallest absolute Gasteiger partial charge is 0.0116 e. The molecule has 1 aliphatic heterocycles. The molecule has 10 heavy (non-hydrogen) atoms. The summed E-state index contributed by atoms with van der Waals surface area (Å²) in [4.78, 5) is 0. The van der Waals surface area contributed by atoms with Crippen LogP contribution in [0, 0.1) is 0 Å². The summed E-state index contributed by atoms with van der Waals surface area (Å²) in [5.74, 6) is 4.69. The van der Waals surface area contributed by atoms with Gasteiger partial charge in [-0.15, -0.1) is 0 Å². The van der Waals surface area contributed by atoms with E-state index in [1.165, 1.54) is 23.0 Å². The number of rotatable bonds is 0. The summed E-state index contributed by atoms with van der Waals surface area (Å²) in [6.07, 6.45) is 9.04. The van der Waals surface area contributed by atoms with Crippen molar-refractivity contribution in [1.29, 1.82) is 0 Å². The summed E-state index contributed by atoms with van der Waals surface area (Å²) in [6, 6.07) is 0. The summed E-state index contributed by atoms with van der Waals surface area (Å²) < 4.78 is 0. The Kier molecular flexibility index (Phi) is 4.91. The molecule has 0 N–H and O–H groups in total. The van der Waals surface area contributed by atoms with Crippen molar-refractivity contribution in [3.63, 3.8) is 0 Å². The first kappa shape index (κ1) is 8.28. The topological polar surface area (TPSA) is 0 Å². The predicted molar refractivity (Wildman–Crippen MR) is 52.9 cm³/mol. The molecule has 0 bridgehead atoms. The van der Waals surface area contributed by atoms with Gasteiger partial charge in [-0.1, -0.05) is 24.3 Å². The Bertz CT molecular complexity index is 99.2. The summed E-state index contributed by atoms with van der Waals surface area (Å²) in [6.45, 7) is 0. The molecule has 0 aromatic heterocycles. The Morgan fingerprint density at radius 3 is 1.20 bits per heavy atom. The molecule has 0 radical (unpaired) electrons. The molecule has 0 amide bonds. The van der Waals surface area contributed by atoms with Gasteiger partial charge in [-0.2, -0.15) is 23.5 Å². The molecule has 0 nitrogen and oxygen atoms in total. The SMILES string of the molecule is C1=C\CSC/C=C\CSC/1. The zero-order chi connectivity index (χ0) is 7.07. The minimum atomic E-state index is 1.17. The van der Waals surface area contributed by atoms with Crippen LogP contribution < -0.4 is 0 Å². The molecular weight excluding hydrogens is 160 g/mol. The lowest BCUT2D eigenvalue weighted by molar-refractivity contribution is 1.59. The lowest BCUT2D eigenvalue weighted by Crippen LogP contribution is -1.81. The molecule has 0 unspecified atom stereocenters. The average molecular weight is 172 g/mol. The van der Waals surface area contributed by atoms with E-state index in [1.54, 1.807) is 0 Å². The molecule has 0 saturated heterocycles. The lowest BCUT2D eigenvalue weighted by atomic mass is 10.6. The molecule has 1 rings (SSSR count). The highest BCUT2D eigenvalue weighted by atomic mass is 32.2. The molecule has 56 valence electrons. The first-order chi connectivity index (χ1) is 5.00. The van der Waals surface area contributed by atoms with E-state index < -0.39 is 0 Å². The van der Waals surface area contributed by atoms with Crippen molar-refractivity contribution in [2.75, 3.05) is 23.0 Å². The van der Waals surface area contributed by atoms with Crippen LogP contribution in [0.3, 0.4) is 0 Å². The van der Waals surface area contributed by atoms with Crippen molar-refractivity contribution in [1.82, 2.24) is 0 Å². The highest BCUT2D eigenvalue weighted by Gasteiger charge is 1.85. The van der Waals surface area contributed by atoms with Gasteiger partial charge < -0.3 is 0 Å². The molecule has 0 spiro atoms. The molecule has 0 atom stereocenters. The largest absolute Gasteiger partial charge is 0.154 e. The fourth-order valence-corrected chi connectivity index (χ4v) is 2.04. The Morgan fingerprint density at radius 1 is 0.600 bits per heavy atom. The third-order valence-electron chi connectivity index (χ3n) is 1.19. The van der Waals surface area contributed by atoms with Crippen LogP contribution in [0.5, 0.6) is 0 Å². The van der Waals surface area contributed by atoms with Crippen LogP contribution in [0.2, 0.25) is 0 Å². The van der Waals surface area contributed by atoms with E-state index in [9.17, 15) is 0 Å². The van der Waals surface area contributed by atoms with Crippen molar-refractivity contribution in [3.05, 3.63) is 24.3 Å². The van der Waals surface area contributed by atoms with Crippen LogP contribution in [0.15, 0.2) is 24.3 Å². The molecule has 0 aromatic carbocycles. The van der Waals surface area contributed by atoms with Gasteiger partial charge in [0.05, 0.1) is 0 Å². The van der Waals surface area contributed by atoms with Gasteiger partial charge in [-0.25, -0.2) is 0 Å². The standard InChI is InChI=1S/C8H12S2/c1-2-6-10-8-4-3-7-9-5-1/h1-4H,5-8H2/b2-1-,4-3-. The fraction of sp³-hybridized carbons (Fsp3) is 0.500. The summed E-state index contributed by atoms with van der Waals surface area (Å²) in [5, 5.41) is 0. The van der Waals surface area contributed by atoms with Gasteiger partial charge in [0.25, 0.3) is 0 Å². The molecule has 0 aromatic rings. The molecular formula is C8H12S2. The van der Waals surface area contributed by atoms with Gasteiger partial charge in [-0.3, -0.25) is 0 Å². The first-order valence-corrected chi connectivity index (χ1v) is 5.76. The maximum Gasteiger partial charge on any atom is 0.0116 e. The van der Waals surface area contributed by atoms with Crippen molar-refractivity contribution in [2.24, 2.45) is 0 Å². The zero-order valence-corrected chi connectivity index (χ0v) is 7.59. The lowest BCUT2D eigenvalue weighted by Gasteiger charge is -1.95. The van der Waals surface area contributed by atoms with E-state index in [4.69, 9.17) is 0 Å². The number of hydrogen-bond donors (Lipinski definition) is 0. The second-order valence-corrected chi connectivity index (χ2v) is 4.17. The van der Waals surface area contributed by atoms with Gasteiger partial charge in [0, 0.05) is 23.0 Å². The van der Waals surface area contributed by atoms with Crippen LogP contribution in [0.1, 0.15) is 0 Å². The van der Waals surface area contributed by atoms with Crippen LogP contribution in [-0.4, -0.2) is 23.0 Å². The second kappa shape index (κ2) is 5.93. The Balaban J connectivity index is 2.22. The fourth-order valence-electron chi connectivity index (χ4n) is 0.680. The van der Waals surface area contributed by atoms with E-state index in [0.717, 1.165) is 0 Å². The zero-order valence-electron chi connectivity index (χ0n) is 5.95. The molecule has 1 aliphatic rings. The number of thioether (sulfide) groups is 2. The van der Waals surface area contributed by atoms with Crippen molar-refractivity contribution in [2.45, 2.75) is 0 Å². The maximum absolute atomic E-state index is 2.26. The Labute approximate surface area is 71.2 Å². The van der Waals surface area contributed by atoms with Crippen molar-refractivity contribution in [3.8, 4) is 0 Å². The third-order valence-corrected chi connectivity index (χ3v) is 2.90. The van der Waals surface area contributed by atoms with Gasteiger partial charge in [-0.05, 0) is 0 Å². The summed E-state index contributed by atoms with van der Waals surface area (Å²) >= 11 is 3.94. The van der Waals surface area contributed by atoms with Crippen LogP contribution >= 0.6 is 23.5 Å².